The van der Waals surface area contributed by atoms with Gasteiger partial charge in [-0.05, 0) is 19.1 Å². The van der Waals surface area contributed by atoms with Gasteiger partial charge in [0.15, 0.2) is 0 Å². The van der Waals surface area contributed by atoms with Gasteiger partial charge in [0.25, 0.3) is 5.56 Å². The fourth-order valence-electron chi connectivity index (χ4n) is 1.85. The van der Waals surface area contributed by atoms with Crippen LogP contribution in [0, 0.1) is 6.92 Å². The summed E-state index contributed by atoms with van der Waals surface area (Å²) in [5.74, 6) is 0.523. The Morgan fingerprint density at radius 1 is 1.00 bits per heavy atom. The minimum absolute atomic E-state index is 0.281. The van der Waals surface area contributed by atoms with Crippen LogP contribution in [0.15, 0.2) is 39.9 Å². The van der Waals surface area contributed by atoms with Gasteiger partial charge in [-0.3, -0.25) is 13.9 Å². The van der Waals surface area contributed by atoms with Crippen molar-refractivity contribution < 1.29 is 0 Å². The Bertz CT molecular complexity index is 647. The first-order valence-corrected chi connectivity index (χ1v) is 5.61. The average Bonchev–Trinajstić information content (AvgIpc) is 2.40. The van der Waals surface area contributed by atoms with E-state index in [9.17, 15) is 9.59 Å². The smallest absolute Gasteiger partial charge is 0.332 e. The molecule has 0 fully saturated rings. The summed E-state index contributed by atoms with van der Waals surface area (Å²) in [7, 11) is 3.12. The summed E-state index contributed by atoms with van der Waals surface area (Å²) in [5, 5.41) is 3.10. The van der Waals surface area contributed by atoms with Gasteiger partial charge in [-0.25, -0.2) is 4.79 Å². The molecule has 0 saturated carbocycles. The summed E-state index contributed by atoms with van der Waals surface area (Å²) in [6.07, 6.45) is 0. The standard InChI is InChI=1S/C13H15N3O2/c1-9-11(14-10-7-5-4-6-8-10)15(2)13(18)16(3)12(9)17/h4-8,14H,1-3H3. The van der Waals surface area contributed by atoms with Crippen molar-refractivity contribution in [2.45, 2.75) is 6.92 Å². The molecule has 0 saturated heterocycles. The highest BCUT2D eigenvalue weighted by molar-refractivity contribution is 5.58. The minimum atomic E-state index is -0.343. The van der Waals surface area contributed by atoms with Crippen molar-refractivity contribution in [2.75, 3.05) is 5.32 Å². The van der Waals surface area contributed by atoms with E-state index >= 15 is 0 Å². The van der Waals surface area contributed by atoms with Crippen LogP contribution in [0.4, 0.5) is 11.5 Å². The monoisotopic (exact) mass is 245 g/mol. The van der Waals surface area contributed by atoms with Crippen LogP contribution in [0.3, 0.4) is 0 Å². The van der Waals surface area contributed by atoms with Crippen molar-refractivity contribution in [1.29, 1.82) is 0 Å². The first-order valence-electron chi connectivity index (χ1n) is 5.61. The predicted molar refractivity (Wildman–Crippen MR) is 71.4 cm³/mol. The molecule has 0 bridgehead atoms. The number of aromatic nitrogens is 2. The molecule has 2 aromatic rings. The Hall–Kier alpha value is -2.30. The van der Waals surface area contributed by atoms with Gasteiger partial charge in [-0.1, -0.05) is 18.2 Å². The Morgan fingerprint density at radius 3 is 2.22 bits per heavy atom. The van der Waals surface area contributed by atoms with Gasteiger partial charge in [0, 0.05) is 19.8 Å². The maximum atomic E-state index is 11.9. The van der Waals surface area contributed by atoms with Crippen LogP contribution in [0.1, 0.15) is 5.56 Å². The lowest BCUT2D eigenvalue weighted by atomic mass is 10.3. The third kappa shape index (κ3) is 1.95. The van der Waals surface area contributed by atoms with Gasteiger partial charge in [0.2, 0.25) is 0 Å². The molecule has 0 amide bonds. The summed E-state index contributed by atoms with van der Waals surface area (Å²) in [6.45, 7) is 1.70. The second-order valence-electron chi connectivity index (χ2n) is 4.17. The SMILES string of the molecule is Cc1c(Nc2ccccc2)n(C)c(=O)n(C)c1=O. The van der Waals surface area contributed by atoms with E-state index in [0.717, 1.165) is 10.3 Å². The molecule has 5 heteroatoms. The van der Waals surface area contributed by atoms with Crippen LogP contribution in [0.5, 0.6) is 0 Å². The molecule has 0 aliphatic heterocycles. The molecule has 0 aliphatic carbocycles. The van der Waals surface area contributed by atoms with Crippen LogP contribution < -0.4 is 16.6 Å². The van der Waals surface area contributed by atoms with Crippen LogP contribution in [0.25, 0.3) is 0 Å². The first-order chi connectivity index (χ1) is 8.52. The molecule has 2 rings (SSSR count). The van der Waals surface area contributed by atoms with E-state index in [1.807, 2.05) is 30.3 Å². The molecular weight excluding hydrogens is 230 g/mol. The number of hydrogen-bond donors (Lipinski definition) is 1. The van der Waals surface area contributed by atoms with E-state index < -0.39 is 0 Å². The zero-order chi connectivity index (χ0) is 13.3. The first kappa shape index (κ1) is 12.2. The maximum Gasteiger partial charge on any atom is 0.332 e. The number of hydrogen-bond acceptors (Lipinski definition) is 3. The molecular formula is C13H15N3O2. The second kappa shape index (κ2) is 4.52. The lowest BCUT2D eigenvalue weighted by Crippen LogP contribution is -2.39. The molecule has 1 aromatic heterocycles. The molecule has 0 unspecified atom stereocenters. The number of rotatable bonds is 2. The molecule has 1 heterocycles. The summed E-state index contributed by atoms with van der Waals surface area (Å²) in [4.78, 5) is 23.7. The molecule has 0 radical (unpaired) electrons. The molecule has 1 aromatic carbocycles. The predicted octanol–water partition coefficient (Wildman–Crippen LogP) is 1.14. The number of nitrogens with zero attached hydrogens (tertiary/aromatic N) is 2. The fourth-order valence-corrected chi connectivity index (χ4v) is 1.85. The van der Waals surface area contributed by atoms with E-state index in [4.69, 9.17) is 0 Å². The quantitative estimate of drug-likeness (QED) is 0.863. The van der Waals surface area contributed by atoms with Gasteiger partial charge in [-0.2, -0.15) is 0 Å². The van der Waals surface area contributed by atoms with Crippen molar-refractivity contribution in [2.24, 2.45) is 14.1 Å². The van der Waals surface area contributed by atoms with Crippen LogP contribution in [-0.4, -0.2) is 9.13 Å². The normalized spacial score (nSPS) is 10.4. The summed E-state index contributed by atoms with van der Waals surface area (Å²) in [6, 6.07) is 9.43. The highest BCUT2D eigenvalue weighted by Gasteiger charge is 2.11. The number of nitrogens with one attached hydrogen (secondary N) is 1. The van der Waals surface area contributed by atoms with Crippen LogP contribution in [0.2, 0.25) is 0 Å². The van der Waals surface area contributed by atoms with Crippen LogP contribution >= 0.6 is 0 Å². The van der Waals surface area contributed by atoms with Gasteiger partial charge < -0.3 is 5.32 Å². The highest BCUT2D eigenvalue weighted by Crippen LogP contribution is 2.15. The van der Waals surface area contributed by atoms with E-state index in [1.54, 1.807) is 14.0 Å². The van der Waals surface area contributed by atoms with Gasteiger partial charge in [-0.15, -0.1) is 0 Å². The third-order valence-electron chi connectivity index (χ3n) is 2.93. The number of anilines is 2. The lowest BCUT2D eigenvalue weighted by molar-refractivity contribution is 0.684. The Balaban J connectivity index is 2.59. The molecule has 18 heavy (non-hydrogen) atoms. The third-order valence-corrected chi connectivity index (χ3v) is 2.93. The maximum absolute atomic E-state index is 11.9. The highest BCUT2D eigenvalue weighted by atomic mass is 16.2. The average molecular weight is 245 g/mol. The Labute approximate surface area is 104 Å². The largest absolute Gasteiger partial charge is 0.341 e. The molecule has 1 N–H and O–H groups in total. The van der Waals surface area contributed by atoms with Gasteiger partial charge in [0.1, 0.15) is 5.82 Å². The van der Waals surface area contributed by atoms with Crippen molar-refractivity contribution in [1.82, 2.24) is 9.13 Å². The molecule has 5 nitrogen and oxygen atoms in total. The van der Waals surface area contributed by atoms with Crippen molar-refractivity contribution >= 4 is 11.5 Å². The summed E-state index contributed by atoms with van der Waals surface area (Å²) in [5.41, 5.74) is 0.730. The lowest BCUT2D eigenvalue weighted by Gasteiger charge is -2.14. The van der Waals surface area contributed by atoms with Crippen molar-refractivity contribution in [3.63, 3.8) is 0 Å². The van der Waals surface area contributed by atoms with Crippen LogP contribution in [-0.2, 0) is 14.1 Å². The number of benzene rings is 1. The molecule has 94 valence electrons. The topological polar surface area (TPSA) is 56.0 Å². The summed E-state index contributed by atoms with van der Waals surface area (Å²) >= 11 is 0. The number of para-hydroxylation sites is 1. The zero-order valence-electron chi connectivity index (χ0n) is 10.6. The Kier molecular flexibility index (Phi) is 3.06. The van der Waals surface area contributed by atoms with Crippen molar-refractivity contribution in [3.05, 3.63) is 56.7 Å². The molecule has 0 spiro atoms. The van der Waals surface area contributed by atoms with E-state index in [1.165, 1.54) is 11.6 Å². The second-order valence-corrected chi connectivity index (χ2v) is 4.17. The Morgan fingerprint density at radius 2 is 1.61 bits per heavy atom. The zero-order valence-corrected chi connectivity index (χ0v) is 10.6. The fraction of sp³-hybridized carbons (Fsp3) is 0.231. The van der Waals surface area contributed by atoms with Gasteiger partial charge in [0.05, 0.1) is 5.56 Å². The van der Waals surface area contributed by atoms with Gasteiger partial charge >= 0.3 is 5.69 Å². The van der Waals surface area contributed by atoms with E-state index in [-0.39, 0.29) is 11.2 Å². The molecule has 0 atom stereocenters. The summed E-state index contributed by atoms with van der Waals surface area (Å²) < 4.78 is 2.54. The molecule has 0 aliphatic rings. The van der Waals surface area contributed by atoms with Crippen molar-refractivity contribution in [3.8, 4) is 0 Å². The van der Waals surface area contributed by atoms with E-state index in [2.05, 4.69) is 5.32 Å². The van der Waals surface area contributed by atoms with E-state index in [0.29, 0.717) is 11.4 Å². The minimum Gasteiger partial charge on any atom is -0.341 e.